The molecule has 57 heavy (non-hydrogen) atoms. The number of hydrogen-bond donors (Lipinski definition) is 2. The van der Waals surface area contributed by atoms with E-state index < -0.39 is 47.5 Å². The molecule has 1 saturated carbocycles. The Balaban J connectivity index is 0.894. The molecule has 296 valence electrons. The number of para-hydroxylation sites is 1. The predicted molar refractivity (Wildman–Crippen MR) is 200 cm³/mol. The summed E-state index contributed by atoms with van der Waals surface area (Å²) in [7, 11) is 1.63. The number of imide groups is 1. The second kappa shape index (κ2) is 14.9. The highest BCUT2D eigenvalue weighted by Gasteiger charge is 2.37. The van der Waals surface area contributed by atoms with Gasteiger partial charge in [0.2, 0.25) is 11.8 Å². The lowest BCUT2D eigenvalue weighted by atomic mass is 9.83. The number of halogens is 4. The Kier molecular flexibility index (Phi) is 9.92. The van der Waals surface area contributed by atoms with Gasteiger partial charge in [-0.2, -0.15) is 23.5 Å². The molecule has 2 aliphatic heterocycles. The van der Waals surface area contributed by atoms with Crippen molar-refractivity contribution in [1.82, 2.24) is 34.1 Å². The number of anilines is 1. The molecule has 8 rings (SSSR count). The summed E-state index contributed by atoms with van der Waals surface area (Å²) in [4.78, 5) is 56.3. The third-order valence-corrected chi connectivity index (χ3v) is 11.7. The molecule has 3 amide bonds. The number of imidazole rings is 1. The number of hydrogen-bond acceptors (Lipinski definition) is 8. The van der Waals surface area contributed by atoms with Gasteiger partial charge in [0.1, 0.15) is 29.7 Å². The number of piperidine rings is 2. The molecule has 5 aromatic rings. The molecular formula is C40H39F4N9O4. The average molecular weight is 786 g/mol. The monoisotopic (exact) mass is 785 g/mol. The molecular weight excluding hydrogens is 746 g/mol. The smallest absolute Gasteiger partial charge is 0.319 e. The van der Waals surface area contributed by atoms with Crippen molar-refractivity contribution in [3.8, 4) is 6.07 Å². The van der Waals surface area contributed by atoms with Crippen LogP contribution in [-0.2, 0) is 22.8 Å². The van der Waals surface area contributed by atoms with E-state index in [0.29, 0.717) is 40.8 Å². The molecule has 0 radical (unpaired) electrons. The fourth-order valence-corrected chi connectivity index (χ4v) is 8.82. The van der Waals surface area contributed by atoms with E-state index in [1.165, 1.54) is 21.3 Å². The Labute approximate surface area is 323 Å². The fraction of sp³-hybridized carbons (Fsp3) is 0.425. The Morgan fingerprint density at radius 3 is 2.53 bits per heavy atom. The zero-order valence-corrected chi connectivity index (χ0v) is 30.9. The first kappa shape index (κ1) is 38.0. The van der Waals surface area contributed by atoms with Crippen molar-refractivity contribution in [2.75, 3.05) is 25.0 Å². The summed E-state index contributed by atoms with van der Waals surface area (Å²) in [5.41, 5.74) is 0.680. The fourth-order valence-electron chi connectivity index (χ4n) is 8.82. The number of alkyl halides is 4. The summed E-state index contributed by atoms with van der Waals surface area (Å²) in [5, 5.41) is 20.0. The van der Waals surface area contributed by atoms with Crippen LogP contribution in [0.25, 0.3) is 21.9 Å². The second-order valence-electron chi connectivity index (χ2n) is 15.3. The van der Waals surface area contributed by atoms with Crippen molar-refractivity contribution in [2.45, 2.75) is 75.3 Å². The van der Waals surface area contributed by atoms with Crippen LogP contribution in [0.4, 0.5) is 23.2 Å². The number of amides is 3. The molecule has 13 nitrogen and oxygen atoms in total. The second-order valence-corrected chi connectivity index (χ2v) is 15.3. The van der Waals surface area contributed by atoms with Crippen LogP contribution in [0.1, 0.15) is 90.3 Å². The normalized spacial score (nSPS) is 23.4. The molecule has 3 fully saturated rings. The number of carbonyl (C=O) groups is 3. The third-order valence-electron chi connectivity index (χ3n) is 11.7. The first-order valence-electron chi connectivity index (χ1n) is 19.0. The predicted octanol–water partition coefficient (Wildman–Crippen LogP) is 5.76. The van der Waals surface area contributed by atoms with Crippen LogP contribution in [0.5, 0.6) is 0 Å². The number of pyridine rings is 1. The van der Waals surface area contributed by atoms with Crippen molar-refractivity contribution in [1.29, 1.82) is 5.26 Å². The van der Waals surface area contributed by atoms with Crippen molar-refractivity contribution in [2.24, 2.45) is 13.0 Å². The minimum Gasteiger partial charge on any atom is -0.319 e. The van der Waals surface area contributed by atoms with E-state index in [1.54, 1.807) is 25.2 Å². The van der Waals surface area contributed by atoms with E-state index in [9.17, 15) is 37.6 Å². The van der Waals surface area contributed by atoms with Gasteiger partial charge in [0, 0.05) is 44.1 Å². The lowest BCUT2D eigenvalue weighted by molar-refractivity contribution is -0.141. The van der Waals surface area contributed by atoms with Gasteiger partial charge in [0.05, 0.1) is 33.8 Å². The van der Waals surface area contributed by atoms with E-state index in [4.69, 9.17) is 5.10 Å². The topological polar surface area (TPSA) is 160 Å². The van der Waals surface area contributed by atoms with E-state index in [2.05, 4.69) is 20.5 Å². The molecule has 5 heterocycles. The van der Waals surface area contributed by atoms with E-state index in [-0.39, 0.29) is 48.3 Å². The summed E-state index contributed by atoms with van der Waals surface area (Å²) in [6.45, 7) is 1.71. The molecule has 2 aromatic carbocycles. The van der Waals surface area contributed by atoms with E-state index in [0.717, 1.165) is 49.9 Å². The highest BCUT2D eigenvalue weighted by Crippen LogP contribution is 2.38. The quantitative estimate of drug-likeness (QED) is 0.156. The lowest BCUT2D eigenvalue weighted by Crippen LogP contribution is -2.44. The number of nitrogens with zero attached hydrogens (tertiary/aromatic N) is 7. The van der Waals surface area contributed by atoms with Gasteiger partial charge in [-0.05, 0) is 86.9 Å². The number of carbonyl (C=O) groups excluding carboxylic acids is 3. The number of fused-ring (bicyclic) bond motifs is 2. The third kappa shape index (κ3) is 7.29. The standard InChI is InChI=1S/C40H39F4N9O4/c1-50-36-27(4-2-6-32(36)53(39(50)57)33-12-13-35(54)48-38(33)56)26-14-15-51(21-28(26)41)19-22-8-10-25(11-9-22)52-20-24-17-30(23(18-45)16-31(24)49-52)47-37(55)29-5-3-7-34(46-29)40(42,43)44/h2-7,16-17,20,22,25-26,28,33H,8-15,19,21H2,1H3,(H,47,55)(H,48,54,56). The maximum Gasteiger partial charge on any atom is 0.433 e. The Morgan fingerprint density at radius 1 is 1.04 bits per heavy atom. The van der Waals surface area contributed by atoms with Crippen LogP contribution in [0, 0.1) is 17.2 Å². The summed E-state index contributed by atoms with van der Waals surface area (Å²) in [6, 6.07) is 12.9. The minimum absolute atomic E-state index is 0.0887. The van der Waals surface area contributed by atoms with Crippen LogP contribution in [-0.4, -0.2) is 72.3 Å². The van der Waals surface area contributed by atoms with Gasteiger partial charge in [-0.25, -0.2) is 14.2 Å². The van der Waals surface area contributed by atoms with Crippen LogP contribution < -0.4 is 16.3 Å². The molecule has 1 aliphatic carbocycles. The number of likely N-dealkylation sites (tertiary alicyclic amines) is 1. The van der Waals surface area contributed by atoms with Gasteiger partial charge >= 0.3 is 11.9 Å². The van der Waals surface area contributed by atoms with Crippen molar-refractivity contribution in [3.05, 3.63) is 87.7 Å². The summed E-state index contributed by atoms with van der Waals surface area (Å²) < 4.78 is 60.3. The number of nitrogens with one attached hydrogen (secondary N) is 2. The van der Waals surface area contributed by atoms with Gasteiger partial charge in [-0.15, -0.1) is 0 Å². The Morgan fingerprint density at radius 2 is 1.81 bits per heavy atom. The van der Waals surface area contributed by atoms with Gasteiger partial charge in [0.25, 0.3) is 5.91 Å². The van der Waals surface area contributed by atoms with Gasteiger partial charge in [-0.1, -0.05) is 18.2 Å². The van der Waals surface area contributed by atoms with Crippen molar-refractivity contribution in [3.63, 3.8) is 0 Å². The first-order valence-corrected chi connectivity index (χ1v) is 19.0. The highest BCUT2D eigenvalue weighted by molar-refractivity contribution is 6.05. The number of aryl methyl sites for hydroxylation is 1. The van der Waals surface area contributed by atoms with Gasteiger partial charge in [0.15, 0.2) is 0 Å². The largest absolute Gasteiger partial charge is 0.433 e. The number of rotatable bonds is 7. The molecule has 0 spiro atoms. The molecule has 3 atom stereocenters. The van der Waals surface area contributed by atoms with Crippen LogP contribution >= 0.6 is 0 Å². The number of benzene rings is 2. The Hall–Kier alpha value is -5.89. The molecule has 0 bridgehead atoms. The molecule has 3 aromatic heterocycles. The van der Waals surface area contributed by atoms with Crippen LogP contribution in [0.2, 0.25) is 0 Å². The zero-order chi connectivity index (χ0) is 40.2. The SMILES string of the molecule is Cn1c(=O)n(C2CCC(=O)NC2=O)c2cccc(C3CCN(CC4CCC(n5cc6cc(NC(=O)c7cccc(C(F)(F)F)n7)c(C#N)cc6n5)CC4)CC3F)c21. The van der Waals surface area contributed by atoms with E-state index in [1.807, 2.05) is 23.0 Å². The maximum atomic E-state index is 16.1. The zero-order valence-electron chi connectivity index (χ0n) is 30.9. The Bertz CT molecular complexity index is 2510. The minimum atomic E-state index is -4.71. The van der Waals surface area contributed by atoms with Crippen molar-refractivity contribution >= 4 is 45.3 Å². The van der Waals surface area contributed by atoms with Crippen molar-refractivity contribution < 1.29 is 31.9 Å². The molecule has 2 saturated heterocycles. The summed E-state index contributed by atoms with van der Waals surface area (Å²) in [5.74, 6) is -1.82. The van der Waals surface area contributed by atoms with Crippen LogP contribution in [0.3, 0.4) is 0 Å². The highest BCUT2D eigenvalue weighted by atomic mass is 19.4. The molecule has 2 N–H and O–H groups in total. The average Bonchev–Trinajstić information content (AvgIpc) is 3.71. The summed E-state index contributed by atoms with van der Waals surface area (Å²) in [6.07, 6.45) is 0.369. The molecule has 17 heteroatoms. The van der Waals surface area contributed by atoms with Gasteiger partial charge in [-0.3, -0.25) is 33.5 Å². The maximum absolute atomic E-state index is 16.1. The van der Waals surface area contributed by atoms with E-state index >= 15 is 4.39 Å². The molecule has 3 aliphatic rings. The lowest BCUT2D eigenvalue weighted by Gasteiger charge is -2.38. The van der Waals surface area contributed by atoms with Crippen LogP contribution in [0.15, 0.2) is 59.5 Å². The number of nitriles is 1. The first-order chi connectivity index (χ1) is 27.3. The van der Waals surface area contributed by atoms with Gasteiger partial charge < -0.3 is 10.2 Å². The number of aromatic nitrogens is 5. The summed E-state index contributed by atoms with van der Waals surface area (Å²) >= 11 is 0. The molecule has 3 unspecified atom stereocenters.